The monoisotopic (exact) mass is 353 g/mol. The maximum Gasteiger partial charge on any atom is 0.274 e. The number of carbonyl (C=O) groups excluding carboxylic acids is 1. The Morgan fingerprint density at radius 1 is 0.962 bits per heavy atom. The molecule has 2 atom stereocenters. The van der Waals surface area contributed by atoms with E-state index in [-0.39, 0.29) is 0 Å². The van der Waals surface area contributed by atoms with Crippen LogP contribution in [0.2, 0.25) is 0 Å². The first kappa shape index (κ1) is 18.6. The lowest BCUT2D eigenvalue weighted by atomic mass is 10.0. The van der Waals surface area contributed by atoms with Gasteiger partial charge in [0.05, 0.1) is 0 Å². The van der Waals surface area contributed by atoms with E-state index in [2.05, 4.69) is 54.0 Å². The minimum atomic E-state index is -0.479. The Morgan fingerprint density at radius 3 is 2.12 bits per heavy atom. The lowest BCUT2D eigenvalue weighted by Gasteiger charge is -2.44. The molecule has 0 saturated carbocycles. The Morgan fingerprint density at radius 2 is 1.54 bits per heavy atom. The molecule has 0 aromatic heterocycles. The lowest BCUT2D eigenvalue weighted by Crippen LogP contribution is -2.55. The van der Waals surface area contributed by atoms with E-state index >= 15 is 0 Å². The van der Waals surface area contributed by atoms with Gasteiger partial charge in [-0.25, -0.2) is 5.48 Å². The molecule has 1 aliphatic rings. The maximum atomic E-state index is 11.4. The second kappa shape index (κ2) is 8.45. The van der Waals surface area contributed by atoms with Gasteiger partial charge in [-0.3, -0.25) is 19.8 Å². The van der Waals surface area contributed by atoms with E-state index in [1.54, 1.807) is 17.6 Å². The Kier molecular flexibility index (Phi) is 6.04. The van der Waals surface area contributed by atoms with Crippen molar-refractivity contribution in [1.29, 1.82) is 0 Å². The van der Waals surface area contributed by atoms with E-state index in [0.717, 1.165) is 26.2 Å². The van der Waals surface area contributed by atoms with Crippen LogP contribution in [0.25, 0.3) is 0 Å². The van der Waals surface area contributed by atoms with E-state index in [1.807, 2.05) is 12.1 Å². The highest BCUT2D eigenvalue weighted by Crippen LogP contribution is 2.21. The van der Waals surface area contributed by atoms with Gasteiger partial charge in [0.1, 0.15) is 0 Å². The van der Waals surface area contributed by atoms with Crippen molar-refractivity contribution in [3.8, 4) is 0 Å². The third-order valence-corrected chi connectivity index (χ3v) is 5.11. The van der Waals surface area contributed by atoms with Gasteiger partial charge in [-0.15, -0.1) is 0 Å². The molecule has 0 bridgehead atoms. The number of nitrogens with zero attached hydrogens (tertiary/aromatic N) is 2. The normalized spacial score (nSPS) is 21.5. The molecule has 5 nitrogen and oxygen atoms in total. The summed E-state index contributed by atoms with van der Waals surface area (Å²) < 4.78 is 0. The number of amides is 1. The quantitative estimate of drug-likeness (QED) is 0.641. The van der Waals surface area contributed by atoms with Crippen molar-refractivity contribution >= 4 is 5.91 Å². The maximum absolute atomic E-state index is 11.4. The third-order valence-electron chi connectivity index (χ3n) is 5.11. The molecule has 0 radical (unpaired) electrons. The molecule has 138 valence electrons. The zero-order valence-electron chi connectivity index (χ0n) is 15.4. The van der Waals surface area contributed by atoms with Crippen molar-refractivity contribution in [1.82, 2.24) is 15.3 Å². The smallest absolute Gasteiger partial charge is 0.274 e. The summed E-state index contributed by atoms with van der Waals surface area (Å²) in [6, 6.07) is 19.0. The predicted molar refractivity (Wildman–Crippen MR) is 102 cm³/mol. The molecule has 5 heteroatoms. The first-order chi connectivity index (χ1) is 12.6. The summed E-state index contributed by atoms with van der Waals surface area (Å²) in [5.41, 5.74) is 4.66. The zero-order valence-corrected chi connectivity index (χ0v) is 15.4. The Labute approximate surface area is 155 Å². The number of rotatable bonds is 5. The summed E-state index contributed by atoms with van der Waals surface area (Å²) in [4.78, 5) is 16.5. The number of carbonyl (C=O) groups is 1. The van der Waals surface area contributed by atoms with E-state index in [4.69, 9.17) is 5.21 Å². The van der Waals surface area contributed by atoms with Crippen LogP contribution in [-0.4, -0.2) is 46.1 Å². The molecular formula is C21H27N3O2. The second-order valence-electron chi connectivity index (χ2n) is 7.19. The molecule has 1 amide bonds. The molecule has 2 aromatic carbocycles. The molecule has 2 unspecified atom stereocenters. The van der Waals surface area contributed by atoms with Crippen molar-refractivity contribution in [2.24, 2.45) is 0 Å². The van der Waals surface area contributed by atoms with Gasteiger partial charge in [0.2, 0.25) is 0 Å². The van der Waals surface area contributed by atoms with Gasteiger partial charge in [-0.2, -0.15) is 0 Å². The first-order valence-corrected chi connectivity index (χ1v) is 9.12. The van der Waals surface area contributed by atoms with Crippen LogP contribution in [0.15, 0.2) is 54.6 Å². The number of hydroxylamine groups is 1. The summed E-state index contributed by atoms with van der Waals surface area (Å²) in [7, 11) is 0. The Bertz CT molecular complexity index is 706. The van der Waals surface area contributed by atoms with Crippen molar-refractivity contribution in [2.75, 3.05) is 13.1 Å². The fraction of sp³-hybridized carbons (Fsp3) is 0.381. The lowest BCUT2D eigenvalue weighted by molar-refractivity contribution is 0.0290. The molecule has 0 aliphatic carbocycles. The standard InChI is InChI=1S/C21H27N3O2/c1-16-12-23(14-18-6-4-3-5-7-18)13-17(2)24(16)15-19-8-10-20(11-9-19)21(25)22-26/h3-11,16-17,26H,12-15H2,1-2H3,(H,22,25). The van der Waals surface area contributed by atoms with Gasteiger partial charge < -0.3 is 0 Å². The van der Waals surface area contributed by atoms with Crippen molar-refractivity contribution < 1.29 is 10.0 Å². The van der Waals surface area contributed by atoms with Crippen LogP contribution in [-0.2, 0) is 13.1 Å². The Balaban J connectivity index is 1.60. The first-order valence-electron chi connectivity index (χ1n) is 9.12. The number of hydrogen-bond donors (Lipinski definition) is 2. The van der Waals surface area contributed by atoms with Crippen LogP contribution in [0.3, 0.4) is 0 Å². The van der Waals surface area contributed by atoms with Crippen LogP contribution in [0, 0.1) is 0 Å². The molecule has 0 spiro atoms. The van der Waals surface area contributed by atoms with Crippen LogP contribution < -0.4 is 5.48 Å². The van der Waals surface area contributed by atoms with Gasteiger partial charge in [-0.1, -0.05) is 42.5 Å². The molecule has 3 rings (SSSR count). The van der Waals surface area contributed by atoms with Crippen LogP contribution in [0.4, 0.5) is 0 Å². The highest BCUT2D eigenvalue weighted by atomic mass is 16.5. The number of hydrogen-bond acceptors (Lipinski definition) is 4. The number of piperazine rings is 1. The van der Waals surface area contributed by atoms with Gasteiger partial charge in [-0.05, 0) is 37.1 Å². The van der Waals surface area contributed by atoms with Gasteiger partial charge in [0.25, 0.3) is 5.91 Å². The van der Waals surface area contributed by atoms with Crippen LogP contribution in [0.1, 0.15) is 35.3 Å². The fourth-order valence-electron chi connectivity index (χ4n) is 3.79. The molecular weight excluding hydrogens is 326 g/mol. The van der Waals surface area contributed by atoms with E-state index in [9.17, 15) is 4.79 Å². The number of benzene rings is 2. The van der Waals surface area contributed by atoms with Crippen LogP contribution >= 0.6 is 0 Å². The highest BCUT2D eigenvalue weighted by Gasteiger charge is 2.29. The summed E-state index contributed by atoms with van der Waals surface area (Å²) in [5.74, 6) is -0.479. The van der Waals surface area contributed by atoms with E-state index < -0.39 is 5.91 Å². The highest BCUT2D eigenvalue weighted by molar-refractivity contribution is 5.93. The topological polar surface area (TPSA) is 55.8 Å². The van der Waals surface area contributed by atoms with Gasteiger partial charge >= 0.3 is 0 Å². The molecule has 26 heavy (non-hydrogen) atoms. The van der Waals surface area contributed by atoms with Crippen molar-refractivity contribution in [2.45, 2.75) is 39.0 Å². The zero-order chi connectivity index (χ0) is 18.5. The van der Waals surface area contributed by atoms with Crippen molar-refractivity contribution in [3.63, 3.8) is 0 Å². The van der Waals surface area contributed by atoms with Gasteiger partial charge in [0.15, 0.2) is 0 Å². The average molecular weight is 353 g/mol. The van der Waals surface area contributed by atoms with Crippen LogP contribution in [0.5, 0.6) is 0 Å². The molecule has 1 fully saturated rings. The second-order valence-corrected chi connectivity index (χ2v) is 7.19. The van der Waals surface area contributed by atoms with Gasteiger partial charge in [0, 0.05) is 43.8 Å². The molecule has 1 aliphatic heterocycles. The minimum absolute atomic E-state index is 0.461. The van der Waals surface area contributed by atoms with E-state index in [0.29, 0.717) is 17.6 Å². The summed E-state index contributed by atoms with van der Waals surface area (Å²) in [6.07, 6.45) is 0. The minimum Gasteiger partial charge on any atom is -0.296 e. The third kappa shape index (κ3) is 4.49. The molecule has 2 N–H and O–H groups in total. The Hall–Kier alpha value is -2.21. The summed E-state index contributed by atoms with van der Waals surface area (Å²) in [5, 5.41) is 8.71. The molecule has 1 saturated heterocycles. The number of nitrogens with one attached hydrogen (secondary N) is 1. The summed E-state index contributed by atoms with van der Waals surface area (Å²) in [6.45, 7) is 8.51. The fourth-order valence-corrected chi connectivity index (χ4v) is 3.79. The average Bonchev–Trinajstić information content (AvgIpc) is 2.65. The summed E-state index contributed by atoms with van der Waals surface area (Å²) >= 11 is 0. The molecule has 2 aromatic rings. The molecule has 1 heterocycles. The van der Waals surface area contributed by atoms with Crippen molar-refractivity contribution in [3.05, 3.63) is 71.3 Å². The van der Waals surface area contributed by atoms with E-state index in [1.165, 1.54) is 11.1 Å². The largest absolute Gasteiger partial charge is 0.296 e. The predicted octanol–water partition coefficient (Wildman–Crippen LogP) is 2.90. The SMILES string of the molecule is CC1CN(Cc2ccccc2)CC(C)N1Cc1ccc(C(=O)NO)cc1.